The first-order valence-electron chi connectivity index (χ1n) is 8.49. The first kappa shape index (κ1) is 16.1. The maximum Gasteiger partial charge on any atom is 0.0534 e. The first-order chi connectivity index (χ1) is 10.3. The molecule has 122 valence electrons. The maximum absolute atomic E-state index is 5.80. The van der Waals surface area contributed by atoms with E-state index >= 15 is 0 Å². The summed E-state index contributed by atoms with van der Waals surface area (Å²) in [6.45, 7) is 6.61. The van der Waals surface area contributed by atoms with Crippen LogP contribution in [0.1, 0.15) is 36.8 Å². The van der Waals surface area contributed by atoms with E-state index in [9.17, 15) is 0 Å². The Morgan fingerprint density at radius 1 is 1.23 bits per heavy atom. The lowest BCUT2D eigenvalue weighted by Gasteiger charge is -2.45. The van der Waals surface area contributed by atoms with Gasteiger partial charge in [-0.05, 0) is 49.8 Å². The van der Waals surface area contributed by atoms with Crippen LogP contribution in [0.5, 0.6) is 0 Å². The highest BCUT2D eigenvalue weighted by atomic mass is 35.5. The fourth-order valence-electron chi connectivity index (χ4n) is 4.46. The van der Waals surface area contributed by atoms with Crippen LogP contribution in [0.4, 0.5) is 5.69 Å². The van der Waals surface area contributed by atoms with E-state index in [1.807, 2.05) is 0 Å². The van der Waals surface area contributed by atoms with Crippen molar-refractivity contribution < 1.29 is 4.74 Å². The van der Waals surface area contributed by atoms with Gasteiger partial charge in [0.05, 0.1) is 6.61 Å². The average molecular weight is 323 g/mol. The maximum atomic E-state index is 5.80. The molecular formula is C18H27ClN2O. The number of likely N-dealkylation sites (tertiary alicyclic amines) is 1. The largest absolute Gasteiger partial charge is 0.384 e. The van der Waals surface area contributed by atoms with Gasteiger partial charge in [0.2, 0.25) is 0 Å². The molecule has 22 heavy (non-hydrogen) atoms. The predicted octanol–water partition coefficient (Wildman–Crippen LogP) is 3.47. The number of fused-ring (bicyclic) bond motifs is 1. The molecule has 3 nitrogen and oxygen atoms in total. The summed E-state index contributed by atoms with van der Waals surface area (Å²) in [5, 5.41) is 3.58. The average Bonchev–Trinajstić information content (AvgIpc) is 2.98. The van der Waals surface area contributed by atoms with Gasteiger partial charge in [0.1, 0.15) is 0 Å². The minimum absolute atomic E-state index is 0. The van der Waals surface area contributed by atoms with Gasteiger partial charge in [-0.1, -0.05) is 18.2 Å². The summed E-state index contributed by atoms with van der Waals surface area (Å²) in [7, 11) is 0. The van der Waals surface area contributed by atoms with Crippen LogP contribution < -0.4 is 5.32 Å². The third-order valence-electron chi connectivity index (χ3n) is 5.47. The van der Waals surface area contributed by atoms with Crippen LogP contribution in [-0.4, -0.2) is 37.7 Å². The summed E-state index contributed by atoms with van der Waals surface area (Å²) in [5.74, 6) is 0. The molecule has 1 aromatic carbocycles. The molecule has 0 saturated carbocycles. The lowest BCUT2D eigenvalue weighted by Crippen LogP contribution is -2.47. The molecule has 1 atom stereocenters. The van der Waals surface area contributed by atoms with Gasteiger partial charge in [-0.3, -0.25) is 4.90 Å². The Kier molecular flexibility index (Phi) is 4.96. The fourth-order valence-corrected chi connectivity index (χ4v) is 4.46. The van der Waals surface area contributed by atoms with Gasteiger partial charge < -0.3 is 10.1 Å². The molecule has 3 aliphatic heterocycles. The summed E-state index contributed by atoms with van der Waals surface area (Å²) in [6, 6.07) is 6.80. The highest BCUT2D eigenvalue weighted by molar-refractivity contribution is 5.85. The number of nitrogens with zero attached hydrogens (tertiary/aromatic N) is 1. The summed E-state index contributed by atoms with van der Waals surface area (Å²) in [4.78, 5) is 2.66. The van der Waals surface area contributed by atoms with Crippen LogP contribution in [0.15, 0.2) is 18.2 Å². The lowest BCUT2D eigenvalue weighted by molar-refractivity contribution is -0.0505. The number of hydrogen-bond acceptors (Lipinski definition) is 3. The number of anilines is 1. The quantitative estimate of drug-likeness (QED) is 0.902. The summed E-state index contributed by atoms with van der Waals surface area (Å²) < 4.78 is 5.80. The highest BCUT2D eigenvalue weighted by Gasteiger charge is 2.37. The molecule has 2 saturated heterocycles. The van der Waals surface area contributed by atoms with E-state index in [0.29, 0.717) is 5.41 Å². The second-order valence-electron chi connectivity index (χ2n) is 7.10. The van der Waals surface area contributed by atoms with E-state index in [4.69, 9.17) is 4.74 Å². The molecule has 1 aromatic rings. The van der Waals surface area contributed by atoms with Gasteiger partial charge in [0.15, 0.2) is 0 Å². The Bertz CT molecular complexity index is 508. The number of piperidine rings is 1. The molecule has 4 heteroatoms. The van der Waals surface area contributed by atoms with E-state index in [0.717, 1.165) is 26.3 Å². The number of para-hydroxylation sites is 1. The van der Waals surface area contributed by atoms with Crippen molar-refractivity contribution in [1.29, 1.82) is 0 Å². The number of nitrogens with one attached hydrogen (secondary N) is 1. The number of rotatable bonds is 2. The second kappa shape index (κ2) is 6.77. The van der Waals surface area contributed by atoms with Crippen molar-refractivity contribution in [3.05, 3.63) is 29.3 Å². The summed E-state index contributed by atoms with van der Waals surface area (Å²) in [6.07, 6.45) is 6.46. The summed E-state index contributed by atoms with van der Waals surface area (Å²) >= 11 is 0. The normalized spacial score (nSPS) is 28.0. The van der Waals surface area contributed by atoms with Crippen molar-refractivity contribution >= 4 is 18.1 Å². The van der Waals surface area contributed by atoms with Gasteiger partial charge in [-0.25, -0.2) is 0 Å². The SMILES string of the molecule is Cl.c1cc2c(c(CN3CCCC4(CCCOC4)C3)c1)NCC2. The zero-order chi connectivity index (χ0) is 14.1. The Morgan fingerprint density at radius 2 is 2.14 bits per heavy atom. The monoisotopic (exact) mass is 322 g/mol. The summed E-state index contributed by atoms with van der Waals surface area (Å²) in [5.41, 5.74) is 4.85. The van der Waals surface area contributed by atoms with E-state index in [2.05, 4.69) is 28.4 Å². The van der Waals surface area contributed by atoms with Gasteiger partial charge in [-0.15, -0.1) is 12.4 Å². The smallest absolute Gasteiger partial charge is 0.0534 e. The molecule has 0 amide bonds. The molecule has 1 spiro atoms. The van der Waals surface area contributed by atoms with Crippen LogP contribution in [0.2, 0.25) is 0 Å². The molecule has 3 heterocycles. The Morgan fingerprint density at radius 3 is 3.00 bits per heavy atom. The molecule has 1 N–H and O–H groups in total. The minimum Gasteiger partial charge on any atom is -0.384 e. The van der Waals surface area contributed by atoms with Crippen LogP contribution >= 0.6 is 12.4 Å². The zero-order valence-electron chi connectivity index (χ0n) is 13.3. The van der Waals surface area contributed by atoms with E-state index in [1.54, 1.807) is 0 Å². The third-order valence-corrected chi connectivity index (χ3v) is 5.47. The van der Waals surface area contributed by atoms with Crippen molar-refractivity contribution in [3.63, 3.8) is 0 Å². The Labute approximate surface area is 139 Å². The van der Waals surface area contributed by atoms with Crippen LogP contribution in [-0.2, 0) is 17.7 Å². The Balaban J connectivity index is 0.00000144. The van der Waals surface area contributed by atoms with Gasteiger partial charge in [-0.2, -0.15) is 0 Å². The molecule has 0 radical (unpaired) electrons. The van der Waals surface area contributed by atoms with Gasteiger partial charge in [0, 0.05) is 37.3 Å². The minimum atomic E-state index is 0. The molecule has 2 fully saturated rings. The zero-order valence-corrected chi connectivity index (χ0v) is 14.1. The first-order valence-corrected chi connectivity index (χ1v) is 8.49. The van der Waals surface area contributed by atoms with E-state index in [-0.39, 0.29) is 12.4 Å². The van der Waals surface area contributed by atoms with Gasteiger partial charge >= 0.3 is 0 Å². The van der Waals surface area contributed by atoms with Gasteiger partial charge in [0.25, 0.3) is 0 Å². The number of halogens is 1. The standard InChI is InChI=1S/C18H26N2O.ClH/c1-4-15-6-9-19-17(15)16(5-1)12-20-10-2-7-18(13-20)8-3-11-21-14-18;/h1,4-5,19H,2-3,6-14H2;1H. The van der Waals surface area contributed by atoms with Crippen molar-refractivity contribution in [2.24, 2.45) is 5.41 Å². The molecule has 0 bridgehead atoms. The molecule has 1 unspecified atom stereocenters. The van der Waals surface area contributed by atoms with Crippen molar-refractivity contribution in [2.75, 3.05) is 38.2 Å². The van der Waals surface area contributed by atoms with Crippen LogP contribution in [0.3, 0.4) is 0 Å². The van der Waals surface area contributed by atoms with Crippen LogP contribution in [0.25, 0.3) is 0 Å². The molecule has 0 aliphatic carbocycles. The molecule has 3 aliphatic rings. The third kappa shape index (κ3) is 3.12. The lowest BCUT2D eigenvalue weighted by atomic mass is 9.76. The van der Waals surface area contributed by atoms with E-state index < -0.39 is 0 Å². The Hall–Kier alpha value is -0.770. The second-order valence-corrected chi connectivity index (χ2v) is 7.10. The van der Waals surface area contributed by atoms with Crippen molar-refractivity contribution in [1.82, 2.24) is 4.90 Å². The van der Waals surface area contributed by atoms with E-state index in [1.165, 1.54) is 62.0 Å². The number of ether oxygens (including phenoxy) is 1. The molecule has 0 aromatic heterocycles. The number of hydrogen-bond donors (Lipinski definition) is 1. The highest BCUT2D eigenvalue weighted by Crippen LogP contribution is 2.38. The van der Waals surface area contributed by atoms with Crippen molar-refractivity contribution in [3.8, 4) is 0 Å². The molecule has 4 rings (SSSR count). The van der Waals surface area contributed by atoms with Crippen molar-refractivity contribution in [2.45, 2.75) is 38.6 Å². The fraction of sp³-hybridized carbons (Fsp3) is 0.667. The number of benzene rings is 1. The van der Waals surface area contributed by atoms with Crippen LogP contribution in [0, 0.1) is 5.41 Å². The topological polar surface area (TPSA) is 24.5 Å². The predicted molar refractivity (Wildman–Crippen MR) is 92.9 cm³/mol. The molecular weight excluding hydrogens is 296 g/mol.